The number of carbonyl (C=O) groups is 2. The van der Waals surface area contributed by atoms with Gasteiger partial charge >= 0.3 is 5.97 Å². The molecule has 0 bridgehead atoms. The van der Waals surface area contributed by atoms with E-state index in [1.54, 1.807) is 11.6 Å². The molecule has 7 heteroatoms. The maximum Gasteiger partial charge on any atom is 0.357 e. The average molecular weight is 377 g/mol. The third kappa shape index (κ3) is 2.82. The second-order valence-corrected chi connectivity index (χ2v) is 6.88. The van der Waals surface area contributed by atoms with Crippen LogP contribution in [0, 0.1) is 0 Å². The van der Waals surface area contributed by atoms with Crippen LogP contribution in [0.15, 0.2) is 53.4 Å². The second kappa shape index (κ2) is 6.77. The van der Waals surface area contributed by atoms with Crippen molar-refractivity contribution in [3.63, 3.8) is 0 Å². The molecule has 4 rings (SSSR count). The molecule has 0 spiro atoms. The van der Waals surface area contributed by atoms with Crippen molar-refractivity contribution in [1.29, 1.82) is 0 Å². The predicted molar refractivity (Wildman–Crippen MR) is 103 cm³/mol. The topological polar surface area (TPSA) is 85.1 Å². The van der Waals surface area contributed by atoms with Crippen LogP contribution in [0.4, 0.5) is 0 Å². The Kier molecular flexibility index (Phi) is 4.29. The summed E-state index contributed by atoms with van der Waals surface area (Å²) in [6.07, 6.45) is 7.70. The SMILES string of the molecule is O=CC=Cn1nc(C(=O)O)c2c1CC(c1ccccc1)(c1cscn1)C=C2. The number of carboxylic acid groups (broad SMARTS) is 1. The Balaban J connectivity index is 1.93. The predicted octanol–water partition coefficient (Wildman–Crippen LogP) is 3.26. The van der Waals surface area contributed by atoms with E-state index in [9.17, 15) is 14.7 Å². The fourth-order valence-electron chi connectivity index (χ4n) is 3.47. The zero-order valence-corrected chi connectivity index (χ0v) is 15.0. The molecule has 0 fully saturated rings. The standard InChI is InChI=1S/C20H15N3O3S/c24-10-4-9-23-16-11-20(17-12-27-13-21-17,14-5-2-1-3-6-14)8-7-15(16)18(22-23)19(25)26/h1-10,12-13H,11H2,(H,25,26). The third-order valence-electron chi connectivity index (χ3n) is 4.72. The number of rotatable bonds is 5. The molecule has 2 heterocycles. The van der Waals surface area contributed by atoms with Gasteiger partial charge in [0.05, 0.1) is 22.3 Å². The Morgan fingerprint density at radius 1 is 1.30 bits per heavy atom. The van der Waals surface area contributed by atoms with Crippen LogP contribution in [-0.2, 0) is 16.6 Å². The van der Waals surface area contributed by atoms with Crippen molar-refractivity contribution < 1.29 is 14.7 Å². The summed E-state index contributed by atoms with van der Waals surface area (Å²) >= 11 is 1.51. The van der Waals surface area contributed by atoms with Crippen LogP contribution in [-0.4, -0.2) is 32.1 Å². The summed E-state index contributed by atoms with van der Waals surface area (Å²) in [5.74, 6) is -1.10. The summed E-state index contributed by atoms with van der Waals surface area (Å²) in [6.45, 7) is 0. The van der Waals surface area contributed by atoms with Gasteiger partial charge in [-0.05, 0) is 11.6 Å². The maximum atomic E-state index is 11.6. The first-order valence-electron chi connectivity index (χ1n) is 8.26. The van der Waals surface area contributed by atoms with Gasteiger partial charge in [0.15, 0.2) is 5.69 Å². The normalized spacial score (nSPS) is 18.5. The van der Waals surface area contributed by atoms with Crippen LogP contribution in [0.5, 0.6) is 0 Å². The lowest BCUT2D eigenvalue weighted by Gasteiger charge is -2.32. The quantitative estimate of drug-likeness (QED) is 0.545. The van der Waals surface area contributed by atoms with E-state index >= 15 is 0 Å². The number of carbonyl (C=O) groups excluding carboxylic acids is 1. The van der Waals surface area contributed by atoms with Gasteiger partial charge in [-0.1, -0.05) is 42.5 Å². The molecular weight excluding hydrogens is 362 g/mol. The van der Waals surface area contributed by atoms with Crippen molar-refractivity contribution >= 4 is 35.9 Å². The van der Waals surface area contributed by atoms with Crippen molar-refractivity contribution in [2.45, 2.75) is 11.8 Å². The first kappa shape index (κ1) is 17.1. The van der Waals surface area contributed by atoms with Crippen molar-refractivity contribution in [2.24, 2.45) is 0 Å². The van der Waals surface area contributed by atoms with Gasteiger partial charge < -0.3 is 5.11 Å². The maximum absolute atomic E-state index is 11.6. The highest BCUT2D eigenvalue weighted by Crippen LogP contribution is 2.42. The highest BCUT2D eigenvalue weighted by molar-refractivity contribution is 7.07. The Labute approximate surface area is 159 Å². The van der Waals surface area contributed by atoms with Gasteiger partial charge in [0.2, 0.25) is 0 Å². The minimum atomic E-state index is -1.10. The second-order valence-electron chi connectivity index (χ2n) is 6.16. The molecule has 1 aliphatic carbocycles. The van der Waals surface area contributed by atoms with Crippen molar-refractivity contribution in [2.75, 3.05) is 0 Å². The number of aromatic nitrogens is 3. The van der Waals surface area contributed by atoms with Gasteiger partial charge in [0.25, 0.3) is 0 Å². The molecule has 134 valence electrons. The third-order valence-corrected chi connectivity index (χ3v) is 5.30. The Bertz CT molecular complexity index is 1050. The van der Waals surface area contributed by atoms with Crippen LogP contribution in [0.1, 0.15) is 33.0 Å². The molecule has 0 radical (unpaired) electrons. The zero-order chi connectivity index (χ0) is 18.9. The molecular formula is C20H15N3O3S. The Morgan fingerprint density at radius 3 is 2.78 bits per heavy atom. The van der Waals surface area contributed by atoms with E-state index in [4.69, 9.17) is 0 Å². The van der Waals surface area contributed by atoms with Crippen LogP contribution in [0.2, 0.25) is 0 Å². The lowest BCUT2D eigenvalue weighted by atomic mass is 9.71. The number of benzene rings is 1. The van der Waals surface area contributed by atoms with Gasteiger partial charge in [0, 0.05) is 23.6 Å². The molecule has 1 unspecified atom stereocenters. The zero-order valence-electron chi connectivity index (χ0n) is 14.1. The Morgan fingerprint density at radius 2 is 2.11 bits per heavy atom. The van der Waals surface area contributed by atoms with Crippen LogP contribution >= 0.6 is 11.3 Å². The molecule has 0 amide bonds. The van der Waals surface area contributed by atoms with Crippen molar-refractivity contribution in [1.82, 2.24) is 14.8 Å². The number of hydrogen-bond acceptors (Lipinski definition) is 5. The number of carboxylic acids is 1. The van der Waals surface area contributed by atoms with Crippen LogP contribution in [0.25, 0.3) is 12.3 Å². The van der Waals surface area contributed by atoms with Crippen molar-refractivity contribution in [3.05, 3.63) is 81.6 Å². The molecule has 1 atom stereocenters. The minimum absolute atomic E-state index is 0.0308. The lowest BCUT2D eigenvalue weighted by Crippen LogP contribution is -2.31. The summed E-state index contributed by atoms with van der Waals surface area (Å²) in [7, 11) is 0. The molecule has 1 aromatic carbocycles. The number of nitrogens with zero attached hydrogens (tertiary/aromatic N) is 3. The molecule has 2 aromatic heterocycles. The largest absolute Gasteiger partial charge is 0.476 e. The van der Waals surface area contributed by atoms with E-state index in [0.717, 1.165) is 17.0 Å². The number of fused-ring (bicyclic) bond motifs is 1. The fraction of sp³-hybridized carbons (Fsp3) is 0.100. The van der Waals surface area contributed by atoms with Gasteiger partial charge in [-0.15, -0.1) is 11.3 Å². The number of allylic oxidation sites excluding steroid dienone is 2. The summed E-state index contributed by atoms with van der Waals surface area (Å²) in [4.78, 5) is 26.9. The molecule has 1 aliphatic rings. The summed E-state index contributed by atoms with van der Waals surface area (Å²) in [5.41, 5.74) is 4.46. The Hall–Kier alpha value is -3.32. The van der Waals surface area contributed by atoms with E-state index in [2.05, 4.69) is 10.1 Å². The highest BCUT2D eigenvalue weighted by atomic mass is 32.1. The van der Waals surface area contributed by atoms with E-state index in [1.165, 1.54) is 28.3 Å². The van der Waals surface area contributed by atoms with Gasteiger partial charge in [-0.2, -0.15) is 5.10 Å². The monoisotopic (exact) mass is 377 g/mol. The number of hydrogen-bond donors (Lipinski definition) is 1. The number of aromatic carboxylic acids is 1. The summed E-state index contributed by atoms with van der Waals surface area (Å²) in [6, 6.07) is 9.97. The first-order chi connectivity index (χ1) is 13.2. The molecule has 0 saturated carbocycles. The molecule has 1 N–H and O–H groups in total. The summed E-state index contributed by atoms with van der Waals surface area (Å²) in [5, 5.41) is 15.7. The molecule has 0 aliphatic heterocycles. The molecule has 3 aromatic rings. The van der Waals surface area contributed by atoms with Crippen LogP contribution < -0.4 is 0 Å². The number of aldehydes is 1. The van der Waals surface area contributed by atoms with Gasteiger partial charge in [-0.3, -0.25) is 4.79 Å². The smallest absolute Gasteiger partial charge is 0.357 e. The summed E-state index contributed by atoms with van der Waals surface area (Å²) < 4.78 is 1.47. The van der Waals surface area contributed by atoms with Gasteiger partial charge in [-0.25, -0.2) is 14.5 Å². The fourth-order valence-corrected chi connectivity index (χ4v) is 4.11. The lowest BCUT2D eigenvalue weighted by molar-refractivity contribution is -0.104. The molecule has 0 saturated heterocycles. The minimum Gasteiger partial charge on any atom is -0.476 e. The van der Waals surface area contributed by atoms with Gasteiger partial charge in [0.1, 0.15) is 6.29 Å². The average Bonchev–Trinajstić information content (AvgIpc) is 3.35. The van der Waals surface area contributed by atoms with E-state index in [1.807, 2.05) is 41.8 Å². The van der Waals surface area contributed by atoms with E-state index in [-0.39, 0.29) is 5.69 Å². The molecule has 6 nitrogen and oxygen atoms in total. The number of thiazole rings is 1. The highest BCUT2D eigenvalue weighted by Gasteiger charge is 2.39. The first-order valence-corrected chi connectivity index (χ1v) is 9.20. The van der Waals surface area contributed by atoms with E-state index in [0.29, 0.717) is 18.3 Å². The molecule has 27 heavy (non-hydrogen) atoms. The van der Waals surface area contributed by atoms with Crippen molar-refractivity contribution in [3.8, 4) is 0 Å². The van der Waals surface area contributed by atoms with E-state index < -0.39 is 11.4 Å². The van der Waals surface area contributed by atoms with Crippen LogP contribution in [0.3, 0.4) is 0 Å².